The van der Waals surface area contributed by atoms with Crippen LogP contribution in [-0.2, 0) is 10.0 Å². The molecule has 1 aromatic rings. The van der Waals surface area contributed by atoms with Gasteiger partial charge in [-0.3, -0.25) is 9.18 Å². The number of sulfonamides is 1. The second-order valence-corrected chi connectivity index (χ2v) is 5.23. The molecule has 0 saturated carbocycles. The molecule has 0 saturated heterocycles. The maximum atomic E-state index is 12.7. The highest BCUT2D eigenvalue weighted by molar-refractivity contribution is 7.89. The van der Waals surface area contributed by atoms with Gasteiger partial charge in [0, 0.05) is 0 Å². The maximum Gasteiger partial charge on any atom is 0.250 e. The van der Waals surface area contributed by atoms with Gasteiger partial charge in [0.05, 0.1) is 16.4 Å². The summed E-state index contributed by atoms with van der Waals surface area (Å²) in [5.41, 5.74) is 3.86. The zero-order valence-electron chi connectivity index (χ0n) is 9.52. The normalized spacial score (nSPS) is 13.5. The fraction of sp³-hybridized carbons (Fsp3) is 0.300. The van der Waals surface area contributed by atoms with Gasteiger partial charge in [0.1, 0.15) is 6.67 Å². The van der Waals surface area contributed by atoms with E-state index in [4.69, 9.17) is 10.9 Å². The lowest BCUT2D eigenvalue weighted by Crippen LogP contribution is -2.25. The van der Waals surface area contributed by atoms with Crippen molar-refractivity contribution in [3.8, 4) is 0 Å². The Morgan fingerprint density at radius 3 is 2.26 bits per heavy atom. The number of benzene rings is 1. The van der Waals surface area contributed by atoms with Gasteiger partial charge in [-0.15, -0.1) is 0 Å². The van der Waals surface area contributed by atoms with Crippen LogP contribution in [0.4, 0.5) is 13.2 Å². The lowest BCUT2D eigenvalue weighted by atomic mass is 9.98. The van der Waals surface area contributed by atoms with Crippen molar-refractivity contribution in [2.75, 3.05) is 6.67 Å². The Hall–Kier alpha value is -1.61. The van der Waals surface area contributed by atoms with Crippen LogP contribution in [0.2, 0.25) is 0 Å². The Balaban J connectivity index is 3.66. The maximum absolute atomic E-state index is 12.7. The molecule has 1 amide bonds. The van der Waals surface area contributed by atoms with Gasteiger partial charge in [0.2, 0.25) is 22.4 Å². The van der Waals surface area contributed by atoms with E-state index in [9.17, 15) is 26.4 Å². The van der Waals surface area contributed by atoms with Crippen LogP contribution in [0.3, 0.4) is 0 Å². The summed E-state index contributed by atoms with van der Waals surface area (Å²) < 4.78 is 60.9. The van der Waals surface area contributed by atoms with E-state index in [-0.39, 0.29) is 0 Å². The summed E-state index contributed by atoms with van der Waals surface area (Å²) in [5.74, 6) is -3.15. The van der Waals surface area contributed by atoms with Gasteiger partial charge >= 0.3 is 0 Å². The lowest BCUT2D eigenvalue weighted by molar-refractivity contribution is 0.0971. The number of alkyl halides is 3. The quantitative estimate of drug-likeness (QED) is 0.837. The highest BCUT2D eigenvalue weighted by atomic mass is 32.2. The molecular formula is C10H11F3N2O3S. The number of primary sulfonamides is 1. The summed E-state index contributed by atoms with van der Waals surface area (Å²) in [6.45, 7) is -1.50. The number of amides is 1. The molecule has 1 atom stereocenters. The molecule has 1 rings (SSSR count). The standard InChI is InChI=1S/C10H11F3N2O3S/c11-4-7(9(12)13)5-2-1-3-6(10(14)16)8(5)19(15,17)18/h1-3,7,9H,4H2,(H2,14,16)(H2,15,17,18). The smallest absolute Gasteiger partial charge is 0.250 e. The molecule has 0 aliphatic heterocycles. The van der Waals surface area contributed by atoms with Gasteiger partial charge in [-0.1, -0.05) is 12.1 Å². The third-order valence-corrected chi connectivity index (χ3v) is 3.49. The third-order valence-electron chi connectivity index (χ3n) is 2.47. The third kappa shape index (κ3) is 3.24. The Morgan fingerprint density at radius 2 is 1.89 bits per heavy atom. The first-order valence-corrected chi connectivity index (χ1v) is 6.54. The first-order chi connectivity index (χ1) is 8.70. The Labute approximate surface area is 107 Å². The monoisotopic (exact) mass is 296 g/mol. The average molecular weight is 296 g/mol. The van der Waals surface area contributed by atoms with Crippen LogP contribution in [0.15, 0.2) is 23.1 Å². The zero-order chi connectivity index (χ0) is 14.8. The second-order valence-electron chi connectivity index (χ2n) is 3.73. The predicted molar refractivity (Wildman–Crippen MR) is 61.1 cm³/mol. The Morgan fingerprint density at radius 1 is 1.32 bits per heavy atom. The van der Waals surface area contributed by atoms with Crippen LogP contribution < -0.4 is 10.9 Å². The number of halogens is 3. The van der Waals surface area contributed by atoms with Crippen LogP contribution >= 0.6 is 0 Å². The van der Waals surface area contributed by atoms with Crippen molar-refractivity contribution in [2.24, 2.45) is 10.9 Å². The van der Waals surface area contributed by atoms with Crippen molar-refractivity contribution in [3.05, 3.63) is 29.3 Å². The SMILES string of the molecule is NC(=O)c1cccc(C(CF)C(F)F)c1S(N)(=O)=O. The molecule has 0 aromatic heterocycles. The summed E-state index contributed by atoms with van der Waals surface area (Å²) in [6, 6.07) is 3.13. The van der Waals surface area contributed by atoms with E-state index in [1.54, 1.807) is 0 Å². The minimum atomic E-state index is -4.50. The van der Waals surface area contributed by atoms with Gasteiger partial charge in [0.25, 0.3) is 0 Å². The van der Waals surface area contributed by atoms with E-state index >= 15 is 0 Å². The Kier molecular flexibility index (Phi) is 4.53. The number of rotatable bonds is 5. The molecule has 4 N–H and O–H groups in total. The fourth-order valence-corrected chi connectivity index (χ4v) is 2.67. The van der Waals surface area contributed by atoms with E-state index in [1.165, 1.54) is 0 Å². The van der Waals surface area contributed by atoms with E-state index < -0.39 is 51.0 Å². The van der Waals surface area contributed by atoms with E-state index in [0.29, 0.717) is 0 Å². The highest BCUT2D eigenvalue weighted by Crippen LogP contribution is 2.31. The van der Waals surface area contributed by atoms with Gasteiger partial charge in [-0.25, -0.2) is 22.3 Å². The van der Waals surface area contributed by atoms with E-state index in [1.807, 2.05) is 0 Å². The van der Waals surface area contributed by atoms with Crippen LogP contribution in [-0.4, -0.2) is 27.4 Å². The van der Waals surface area contributed by atoms with Crippen molar-refractivity contribution < 1.29 is 26.4 Å². The van der Waals surface area contributed by atoms with Crippen LogP contribution in [0.5, 0.6) is 0 Å². The minimum absolute atomic E-state index is 0.542. The van der Waals surface area contributed by atoms with E-state index in [0.717, 1.165) is 18.2 Å². The molecular weight excluding hydrogens is 285 g/mol. The molecule has 0 bridgehead atoms. The molecule has 9 heteroatoms. The molecule has 0 aliphatic rings. The number of hydrogen-bond acceptors (Lipinski definition) is 3. The number of primary amides is 1. The van der Waals surface area contributed by atoms with E-state index in [2.05, 4.69) is 0 Å². The predicted octanol–water partition coefficient (Wildman–Crippen LogP) is 0.751. The van der Waals surface area contributed by atoms with Crippen LogP contribution in [0, 0.1) is 0 Å². The molecule has 1 aromatic carbocycles. The molecule has 0 fully saturated rings. The average Bonchev–Trinajstić information content (AvgIpc) is 2.27. The van der Waals surface area contributed by atoms with Gasteiger partial charge in [-0.2, -0.15) is 0 Å². The first-order valence-electron chi connectivity index (χ1n) is 4.99. The van der Waals surface area contributed by atoms with Crippen molar-refractivity contribution in [1.82, 2.24) is 0 Å². The molecule has 106 valence electrons. The van der Waals surface area contributed by atoms with Crippen LogP contribution in [0.25, 0.3) is 0 Å². The summed E-state index contributed by atoms with van der Waals surface area (Å²) in [6.07, 6.45) is -3.14. The van der Waals surface area contributed by atoms with Gasteiger partial charge in [0.15, 0.2) is 0 Å². The molecule has 5 nitrogen and oxygen atoms in total. The number of carbonyl (C=O) groups is 1. The van der Waals surface area contributed by atoms with Gasteiger partial charge in [-0.05, 0) is 11.6 Å². The Bertz CT molecular complexity index is 590. The second kappa shape index (κ2) is 5.57. The number of hydrogen-bond donors (Lipinski definition) is 2. The first kappa shape index (κ1) is 15.4. The lowest BCUT2D eigenvalue weighted by Gasteiger charge is -2.17. The topological polar surface area (TPSA) is 103 Å². The zero-order valence-corrected chi connectivity index (χ0v) is 10.3. The summed E-state index contributed by atoms with van der Waals surface area (Å²) in [4.78, 5) is 10.3. The summed E-state index contributed by atoms with van der Waals surface area (Å²) in [5, 5.41) is 4.89. The summed E-state index contributed by atoms with van der Waals surface area (Å²) >= 11 is 0. The summed E-state index contributed by atoms with van der Waals surface area (Å²) in [7, 11) is -4.50. The number of carbonyl (C=O) groups excluding carboxylic acids is 1. The number of nitrogens with two attached hydrogens (primary N) is 2. The largest absolute Gasteiger partial charge is 0.366 e. The molecule has 0 aliphatic carbocycles. The molecule has 0 radical (unpaired) electrons. The van der Waals surface area contributed by atoms with Gasteiger partial charge < -0.3 is 5.73 Å². The van der Waals surface area contributed by atoms with Crippen molar-refractivity contribution in [2.45, 2.75) is 17.2 Å². The molecule has 1 unspecified atom stereocenters. The fourth-order valence-electron chi connectivity index (χ4n) is 1.64. The van der Waals surface area contributed by atoms with Crippen LogP contribution in [0.1, 0.15) is 21.8 Å². The molecule has 0 spiro atoms. The van der Waals surface area contributed by atoms with Crippen molar-refractivity contribution in [3.63, 3.8) is 0 Å². The highest BCUT2D eigenvalue weighted by Gasteiger charge is 2.31. The van der Waals surface area contributed by atoms with Crippen molar-refractivity contribution in [1.29, 1.82) is 0 Å². The molecule has 19 heavy (non-hydrogen) atoms. The van der Waals surface area contributed by atoms with Crippen molar-refractivity contribution >= 4 is 15.9 Å². The minimum Gasteiger partial charge on any atom is -0.366 e. The molecule has 0 heterocycles.